The molecule has 0 spiro atoms. The first-order chi connectivity index (χ1) is 10.1. The van der Waals surface area contributed by atoms with Crippen molar-refractivity contribution in [3.05, 3.63) is 0 Å². The van der Waals surface area contributed by atoms with Gasteiger partial charge in [0.25, 0.3) is 0 Å². The molecule has 21 heavy (non-hydrogen) atoms. The molecule has 1 heterocycles. The SMILES string of the molecule is CCCNc1nc(OC)nc(N(CC)CC(=O)NCC)n1. The summed E-state index contributed by atoms with van der Waals surface area (Å²) in [4.78, 5) is 26.2. The molecule has 2 N–H and O–H groups in total. The maximum Gasteiger partial charge on any atom is 0.322 e. The number of hydrogen-bond acceptors (Lipinski definition) is 7. The number of hydrogen-bond donors (Lipinski definition) is 2. The van der Waals surface area contributed by atoms with Crippen molar-refractivity contribution in [1.82, 2.24) is 20.3 Å². The Balaban J connectivity index is 2.93. The summed E-state index contributed by atoms with van der Waals surface area (Å²) in [5, 5.41) is 5.86. The average molecular weight is 296 g/mol. The van der Waals surface area contributed by atoms with Gasteiger partial charge in [0.1, 0.15) is 0 Å². The normalized spacial score (nSPS) is 10.1. The van der Waals surface area contributed by atoms with E-state index >= 15 is 0 Å². The second-order valence-electron chi connectivity index (χ2n) is 4.34. The van der Waals surface area contributed by atoms with Crippen molar-refractivity contribution in [3.63, 3.8) is 0 Å². The lowest BCUT2D eigenvalue weighted by Crippen LogP contribution is -2.38. The highest BCUT2D eigenvalue weighted by Crippen LogP contribution is 2.14. The summed E-state index contributed by atoms with van der Waals surface area (Å²) >= 11 is 0. The first kappa shape index (κ1) is 16.9. The van der Waals surface area contributed by atoms with E-state index < -0.39 is 0 Å². The van der Waals surface area contributed by atoms with Crippen LogP contribution >= 0.6 is 0 Å². The molecule has 0 saturated heterocycles. The van der Waals surface area contributed by atoms with Gasteiger partial charge >= 0.3 is 6.01 Å². The molecular formula is C13H24N6O2. The maximum absolute atomic E-state index is 11.7. The molecule has 0 aliphatic rings. The molecule has 1 aromatic rings. The molecule has 0 fully saturated rings. The zero-order chi connectivity index (χ0) is 15.7. The van der Waals surface area contributed by atoms with Gasteiger partial charge in [0.2, 0.25) is 17.8 Å². The van der Waals surface area contributed by atoms with Crippen molar-refractivity contribution in [1.29, 1.82) is 0 Å². The van der Waals surface area contributed by atoms with Crippen molar-refractivity contribution < 1.29 is 9.53 Å². The monoisotopic (exact) mass is 296 g/mol. The minimum Gasteiger partial charge on any atom is -0.467 e. The number of rotatable bonds is 9. The third-order valence-corrected chi connectivity index (χ3v) is 2.69. The Morgan fingerprint density at radius 3 is 2.57 bits per heavy atom. The third-order valence-electron chi connectivity index (χ3n) is 2.69. The Morgan fingerprint density at radius 2 is 2.00 bits per heavy atom. The molecule has 8 heteroatoms. The van der Waals surface area contributed by atoms with E-state index in [1.807, 2.05) is 13.8 Å². The molecule has 0 unspecified atom stereocenters. The van der Waals surface area contributed by atoms with Crippen LogP contribution < -0.4 is 20.3 Å². The lowest BCUT2D eigenvalue weighted by molar-refractivity contribution is -0.119. The molecule has 1 rings (SSSR count). The van der Waals surface area contributed by atoms with Crippen molar-refractivity contribution in [2.75, 3.05) is 43.5 Å². The molecule has 0 aliphatic carbocycles. The fraction of sp³-hybridized carbons (Fsp3) is 0.692. The van der Waals surface area contributed by atoms with E-state index in [2.05, 4.69) is 32.5 Å². The Kier molecular flexibility index (Phi) is 7.20. The van der Waals surface area contributed by atoms with Crippen molar-refractivity contribution in [2.45, 2.75) is 27.2 Å². The van der Waals surface area contributed by atoms with Gasteiger partial charge in [0, 0.05) is 19.6 Å². The van der Waals surface area contributed by atoms with Crippen LogP contribution in [0.1, 0.15) is 27.2 Å². The van der Waals surface area contributed by atoms with Gasteiger partial charge in [0.15, 0.2) is 0 Å². The number of carbonyl (C=O) groups is 1. The summed E-state index contributed by atoms with van der Waals surface area (Å²) in [6, 6.07) is 0.230. The highest BCUT2D eigenvalue weighted by Gasteiger charge is 2.15. The van der Waals surface area contributed by atoms with Crippen LogP contribution in [0.3, 0.4) is 0 Å². The highest BCUT2D eigenvalue weighted by atomic mass is 16.5. The Hall–Kier alpha value is -2.12. The molecule has 0 aromatic carbocycles. The molecule has 1 amide bonds. The van der Waals surface area contributed by atoms with E-state index in [0.29, 0.717) is 25.0 Å². The van der Waals surface area contributed by atoms with E-state index in [1.54, 1.807) is 4.90 Å². The van der Waals surface area contributed by atoms with Crippen molar-refractivity contribution in [2.24, 2.45) is 0 Å². The minimum atomic E-state index is -0.0678. The molecule has 8 nitrogen and oxygen atoms in total. The Labute approximate surface area is 125 Å². The second-order valence-corrected chi connectivity index (χ2v) is 4.34. The van der Waals surface area contributed by atoms with Gasteiger partial charge < -0.3 is 20.3 Å². The summed E-state index contributed by atoms with van der Waals surface area (Å²) in [5.74, 6) is 0.809. The molecule has 0 atom stereocenters. The molecule has 0 saturated carbocycles. The predicted molar refractivity (Wildman–Crippen MR) is 81.7 cm³/mol. The fourth-order valence-electron chi connectivity index (χ4n) is 1.64. The first-order valence-corrected chi connectivity index (χ1v) is 7.20. The zero-order valence-corrected chi connectivity index (χ0v) is 13.1. The molecule has 0 radical (unpaired) electrons. The number of aromatic nitrogens is 3. The summed E-state index contributed by atoms with van der Waals surface area (Å²) in [6.07, 6.45) is 0.958. The number of likely N-dealkylation sites (N-methyl/N-ethyl adjacent to an activating group) is 2. The number of nitrogens with zero attached hydrogens (tertiary/aromatic N) is 4. The van der Waals surface area contributed by atoms with E-state index in [1.165, 1.54) is 7.11 Å². The van der Waals surface area contributed by atoms with Crippen molar-refractivity contribution >= 4 is 17.8 Å². The topological polar surface area (TPSA) is 92.3 Å². The van der Waals surface area contributed by atoms with Crippen LogP contribution in [0.2, 0.25) is 0 Å². The average Bonchev–Trinajstić information content (AvgIpc) is 2.50. The van der Waals surface area contributed by atoms with Gasteiger partial charge in [-0.3, -0.25) is 4.79 Å². The zero-order valence-electron chi connectivity index (χ0n) is 13.1. The van der Waals surface area contributed by atoms with Crippen LogP contribution in [-0.4, -0.2) is 54.1 Å². The van der Waals surface area contributed by atoms with E-state index in [0.717, 1.165) is 13.0 Å². The number of methoxy groups -OCH3 is 1. The lowest BCUT2D eigenvalue weighted by atomic mass is 10.4. The first-order valence-electron chi connectivity index (χ1n) is 7.20. The molecule has 118 valence electrons. The number of ether oxygens (including phenoxy) is 1. The molecular weight excluding hydrogens is 272 g/mol. The largest absolute Gasteiger partial charge is 0.467 e. The van der Waals surface area contributed by atoms with Gasteiger partial charge in [-0.05, 0) is 20.3 Å². The minimum absolute atomic E-state index is 0.0678. The van der Waals surface area contributed by atoms with Crippen LogP contribution in [-0.2, 0) is 4.79 Å². The Morgan fingerprint density at radius 1 is 1.24 bits per heavy atom. The number of nitrogens with one attached hydrogen (secondary N) is 2. The number of carbonyl (C=O) groups excluding carboxylic acids is 1. The van der Waals surface area contributed by atoms with Crippen LogP contribution in [0, 0.1) is 0 Å². The summed E-state index contributed by atoms with van der Waals surface area (Å²) in [7, 11) is 1.50. The predicted octanol–water partition coefficient (Wildman–Crippen LogP) is 0.664. The smallest absolute Gasteiger partial charge is 0.322 e. The van der Waals surface area contributed by atoms with Gasteiger partial charge in [0.05, 0.1) is 13.7 Å². The molecule has 0 aliphatic heterocycles. The van der Waals surface area contributed by atoms with Gasteiger partial charge in [-0.1, -0.05) is 6.92 Å². The van der Waals surface area contributed by atoms with Gasteiger partial charge in [-0.15, -0.1) is 0 Å². The molecule has 0 bridgehead atoms. The highest BCUT2D eigenvalue weighted by molar-refractivity contribution is 5.80. The van der Waals surface area contributed by atoms with Crippen LogP contribution in [0.25, 0.3) is 0 Å². The number of amides is 1. The van der Waals surface area contributed by atoms with Crippen LogP contribution in [0.4, 0.5) is 11.9 Å². The van der Waals surface area contributed by atoms with E-state index in [9.17, 15) is 4.79 Å². The van der Waals surface area contributed by atoms with Gasteiger partial charge in [-0.2, -0.15) is 15.0 Å². The maximum atomic E-state index is 11.7. The van der Waals surface area contributed by atoms with E-state index in [-0.39, 0.29) is 18.5 Å². The lowest BCUT2D eigenvalue weighted by Gasteiger charge is -2.20. The third kappa shape index (κ3) is 5.41. The van der Waals surface area contributed by atoms with Crippen molar-refractivity contribution in [3.8, 4) is 6.01 Å². The standard InChI is InChI=1S/C13H24N6O2/c1-5-8-15-11-16-12(18-13(17-11)21-4)19(7-3)9-10(20)14-6-2/h5-9H2,1-4H3,(H,14,20)(H,15,16,17,18). The van der Waals surface area contributed by atoms with Gasteiger partial charge in [-0.25, -0.2) is 0 Å². The quantitative estimate of drug-likeness (QED) is 0.691. The Bertz CT molecular complexity index is 454. The van der Waals surface area contributed by atoms with E-state index in [4.69, 9.17) is 4.74 Å². The van der Waals surface area contributed by atoms with Crippen LogP contribution in [0.15, 0.2) is 0 Å². The second kappa shape index (κ2) is 8.93. The summed E-state index contributed by atoms with van der Waals surface area (Å²) < 4.78 is 5.09. The summed E-state index contributed by atoms with van der Waals surface area (Å²) in [6.45, 7) is 8.04. The summed E-state index contributed by atoms with van der Waals surface area (Å²) in [5.41, 5.74) is 0. The fourth-order valence-corrected chi connectivity index (χ4v) is 1.64. The van der Waals surface area contributed by atoms with Crippen LogP contribution in [0.5, 0.6) is 6.01 Å². The number of anilines is 2. The molecule has 1 aromatic heterocycles.